The molecule has 1 heterocycles. The number of unbranched alkanes of at least 4 members (excludes halogenated alkanes) is 1. The molecule has 0 bridgehead atoms. The van der Waals surface area contributed by atoms with Gasteiger partial charge >= 0.3 is 0 Å². The van der Waals surface area contributed by atoms with E-state index in [1.807, 2.05) is 21.6 Å². The molecule has 1 saturated heterocycles. The third kappa shape index (κ3) is 14.4. The normalized spacial score (nSPS) is 18.1. The number of carbonyl (C=O) groups excluding carboxylic acids is 2. The summed E-state index contributed by atoms with van der Waals surface area (Å²) < 4.78 is 0. The van der Waals surface area contributed by atoms with Crippen molar-refractivity contribution in [2.75, 3.05) is 30.4 Å². The number of nitrogens with zero attached hydrogens (tertiary/aromatic N) is 1. The lowest BCUT2D eigenvalue weighted by Gasteiger charge is -2.19. The zero-order chi connectivity index (χ0) is 21.3. The Morgan fingerprint density at radius 2 is 2.03 bits per heavy atom. The molecule has 12 heteroatoms. The fourth-order valence-corrected chi connectivity index (χ4v) is 7.41. The summed E-state index contributed by atoms with van der Waals surface area (Å²) in [5.41, 5.74) is 0. The molecule has 1 aliphatic heterocycles. The Hall–Kier alpha value is -0.300. The zero-order valence-electron chi connectivity index (χ0n) is 16.7. The number of aliphatic hydroxyl groups excluding tert-OH is 1. The van der Waals surface area contributed by atoms with Crippen molar-refractivity contribution in [3.63, 3.8) is 0 Å². The smallest absolute Gasteiger partial charge is 0.221 e. The molecule has 2 amide bonds. The fourth-order valence-electron chi connectivity index (χ4n) is 2.49. The van der Waals surface area contributed by atoms with Crippen LogP contribution in [0.3, 0.4) is 0 Å². The Morgan fingerprint density at radius 3 is 2.72 bits per heavy atom. The van der Waals surface area contributed by atoms with Gasteiger partial charge in [-0.3, -0.25) is 9.59 Å². The number of rotatable bonds is 17. The van der Waals surface area contributed by atoms with Crippen LogP contribution in [0.2, 0.25) is 0 Å². The second-order valence-corrected chi connectivity index (χ2v) is 12.1. The highest BCUT2D eigenvalue weighted by Gasteiger charge is 2.18. The SMILES string of the molecule is CC(O)C(CON=O)NC(=O)CCSSCCNC(=O)CCCCC1CCSS1. The molecule has 0 aromatic heterocycles. The Morgan fingerprint density at radius 1 is 1.24 bits per heavy atom. The Labute approximate surface area is 188 Å². The van der Waals surface area contributed by atoms with Crippen molar-refractivity contribution in [1.29, 1.82) is 0 Å². The van der Waals surface area contributed by atoms with Crippen molar-refractivity contribution in [3.05, 3.63) is 4.91 Å². The molecular formula is C17H31N3O5S4. The predicted molar refractivity (Wildman–Crippen MR) is 125 cm³/mol. The number of carbonyl (C=O) groups is 2. The van der Waals surface area contributed by atoms with Gasteiger partial charge in [0, 0.05) is 41.9 Å². The van der Waals surface area contributed by atoms with Crippen LogP contribution < -0.4 is 10.6 Å². The first-order valence-electron chi connectivity index (χ1n) is 9.74. The van der Waals surface area contributed by atoms with E-state index in [9.17, 15) is 19.6 Å². The van der Waals surface area contributed by atoms with Gasteiger partial charge in [-0.2, -0.15) is 0 Å². The van der Waals surface area contributed by atoms with E-state index in [1.54, 1.807) is 21.6 Å². The number of hydrogen-bond acceptors (Lipinski definition) is 10. The summed E-state index contributed by atoms with van der Waals surface area (Å²) in [5, 5.41) is 18.1. The van der Waals surface area contributed by atoms with Gasteiger partial charge < -0.3 is 20.6 Å². The largest absolute Gasteiger partial charge is 0.391 e. The van der Waals surface area contributed by atoms with Gasteiger partial charge in [-0.05, 0) is 26.2 Å². The monoisotopic (exact) mass is 485 g/mol. The second kappa shape index (κ2) is 17.4. The molecule has 3 unspecified atom stereocenters. The van der Waals surface area contributed by atoms with Crippen LogP contribution in [-0.4, -0.2) is 64.7 Å². The molecule has 1 aliphatic rings. The molecule has 0 aromatic rings. The van der Waals surface area contributed by atoms with E-state index in [0.717, 1.165) is 23.8 Å². The van der Waals surface area contributed by atoms with Crippen LogP contribution in [-0.2, 0) is 14.4 Å². The van der Waals surface area contributed by atoms with Crippen LogP contribution in [0, 0.1) is 4.91 Å². The number of aliphatic hydroxyl groups is 1. The lowest BCUT2D eigenvalue weighted by molar-refractivity contribution is -0.123. The minimum absolute atomic E-state index is 0.111. The third-order valence-corrected chi connectivity index (χ3v) is 9.56. The van der Waals surface area contributed by atoms with Crippen LogP contribution in [0.4, 0.5) is 0 Å². The molecule has 3 N–H and O–H groups in total. The van der Waals surface area contributed by atoms with Gasteiger partial charge in [0.05, 0.1) is 12.1 Å². The maximum Gasteiger partial charge on any atom is 0.221 e. The topological polar surface area (TPSA) is 117 Å². The second-order valence-electron chi connectivity index (χ2n) is 6.60. The van der Waals surface area contributed by atoms with Crippen molar-refractivity contribution >= 4 is 55.0 Å². The average molecular weight is 486 g/mol. The summed E-state index contributed by atoms with van der Waals surface area (Å²) in [6.45, 7) is 1.97. The van der Waals surface area contributed by atoms with Gasteiger partial charge in [0.25, 0.3) is 0 Å². The van der Waals surface area contributed by atoms with Crippen molar-refractivity contribution < 1.29 is 19.5 Å². The van der Waals surface area contributed by atoms with E-state index in [-0.39, 0.29) is 18.4 Å². The van der Waals surface area contributed by atoms with Crippen LogP contribution >= 0.6 is 43.2 Å². The molecule has 0 spiro atoms. The first kappa shape index (κ1) is 26.7. The fraction of sp³-hybridized carbons (Fsp3) is 0.882. The summed E-state index contributed by atoms with van der Waals surface area (Å²) >= 11 is 0. The quantitative estimate of drug-likeness (QED) is 0.124. The highest BCUT2D eigenvalue weighted by molar-refractivity contribution is 8.77. The summed E-state index contributed by atoms with van der Waals surface area (Å²) in [7, 11) is 7.11. The molecule has 1 fully saturated rings. The van der Waals surface area contributed by atoms with E-state index >= 15 is 0 Å². The lowest BCUT2D eigenvalue weighted by Crippen LogP contribution is -2.45. The summed E-state index contributed by atoms with van der Waals surface area (Å²) in [4.78, 5) is 38.0. The number of amides is 2. The van der Waals surface area contributed by atoms with Crippen molar-refractivity contribution in [1.82, 2.24) is 10.6 Å². The van der Waals surface area contributed by atoms with Gasteiger partial charge in [0.15, 0.2) is 5.34 Å². The first-order valence-corrected chi connectivity index (χ1v) is 14.6. The number of hydrogen-bond donors (Lipinski definition) is 3. The molecular weight excluding hydrogens is 454 g/mol. The van der Waals surface area contributed by atoms with Gasteiger partial charge in [-0.1, -0.05) is 49.6 Å². The molecule has 3 atom stereocenters. The van der Waals surface area contributed by atoms with Crippen molar-refractivity contribution in [2.45, 2.75) is 62.8 Å². The van der Waals surface area contributed by atoms with Crippen LogP contribution in [0.25, 0.3) is 0 Å². The van der Waals surface area contributed by atoms with Crippen LogP contribution in [0.1, 0.15) is 45.4 Å². The van der Waals surface area contributed by atoms with Crippen LogP contribution in [0.5, 0.6) is 0 Å². The van der Waals surface area contributed by atoms with E-state index in [0.29, 0.717) is 25.1 Å². The molecule has 0 saturated carbocycles. The molecule has 0 radical (unpaired) electrons. The minimum atomic E-state index is -0.841. The van der Waals surface area contributed by atoms with Gasteiger partial charge in [-0.25, -0.2) is 0 Å². The summed E-state index contributed by atoms with van der Waals surface area (Å²) in [6.07, 6.45) is 4.62. The molecule has 0 aliphatic carbocycles. The van der Waals surface area contributed by atoms with E-state index in [4.69, 9.17) is 0 Å². The molecule has 29 heavy (non-hydrogen) atoms. The van der Waals surface area contributed by atoms with E-state index in [2.05, 4.69) is 20.8 Å². The first-order chi connectivity index (χ1) is 14.0. The zero-order valence-corrected chi connectivity index (χ0v) is 19.9. The van der Waals surface area contributed by atoms with Crippen molar-refractivity contribution in [2.24, 2.45) is 5.34 Å². The highest BCUT2D eigenvalue weighted by Crippen LogP contribution is 2.39. The average Bonchev–Trinajstić information content (AvgIpc) is 3.21. The van der Waals surface area contributed by atoms with E-state index in [1.165, 1.54) is 25.5 Å². The Bertz CT molecular complexity index is 482. The maximum atomic E-state index is 11.8. The number of nitrogens with one attached hydrogen (secondary N) is 2. The van der Waals surface area contributed by atoms with Gasteiger partial charge in [0.2, 0.25) is 11.8 Å². The van der Waals surface area contributed by atoms with Crippen molar-refractivity contribution in [3.8, 4) is 0 Å². The van der Waals surface area contributed by atoms with Gasteiger partial charge in [-0.15, -0.1) is 4.91 Å². The Kier molecular flexibility index (Phi) is 16.0. The summed E-state index contributed by atoms with van der Waals surface area (Å²) in [5.74, 6) is 2.54. The maximum absolute atomic E-state index is 11.8. The molecule has 168 valence electrons. The van der Waals surface area contributed by atoms with E-state index < -0.39 is 12.1 Å². The Balaban J connectivity index is 1.93. The minimum Gasteiger partial charge on any atom is -0.391 e. The lowest BCUT2D eigenvalue weighted by atomic mass is 10.1. The molecule has 8 nitrogen and oxygen atoms in total. The standard InChI is InChI=1S/C17H31N3O5S4/c1-13(21)15(12-25-20-24)19-17(23)7-10-26-27-11-8-18-16(22)5-3-2-4-14-6-9-28-29-14/h13-15,21H,2-12H2,1H3,(H,18,22)(H,19,23). The predicted octanol–water partition coefficient (Wildman–Crippen LogP) is 3.15. The van der Waals surface area contributed by atoms with Gasteiger partial charge in [0.1, 0.15) is 6.61 Å². The van der Waals surface area contributed by atoms with Crippen LogP contribution in [0.15, 0.2) is 5.34 Å². The highest BCUT2D eigenvalue weighted by atomic mass is 33.1. The summed E-state index contributed by atoms with van der Waals surface area (Å²) in [6, 6.07) is -0.663. The molecule has 1 rings (SSSR count). The molecule has 0 aromatic carbocycles. The third-order valence-electron chi connectivity index (χ3n) is 4.15.